The van der Waals surface area contributed by atoms with Crippen LogP contribution in [0, 0.1) is 6.92 Å². The molecule has 0 aliphatic heterocycles. The Balaban J connectivity index is 2.03. The van der Waals surface area contributed by atoms with Gasteiger partial charge in [0, 0.05) is 5.56 Å². The Morgan fingerprint density at radius 1 is 1.10 bits per heavy atom. The van der Waals surface area contributed by atoms with E-state index in [9.17, 15) is 4.79 Å². The van der Waals surface area contributed by atoms with E-state index in [1.54, 1.807) is 30.3 Å². The molecule has 0 radical (unpaired) electrons. The minimum atomic E-state index is -0.439. The highest BCUT2D eigenvalue weighted by molar-refractivity contribution is 6.02. The zero-order valence-electron chi connectivity index (χ0n) is 11.1. The van der Waals surface area contributed by atoms with Gasteiger partial charge in [0.2, 0.25) is 0 Å². The molecule has 4 heteroatoms. The maximum Gasteiger partial charge on any atom is 0.338 e. The molecule has 0 aliphatic rings. The van der Waals surface area contributed by atoms with E-state index in [1.165, 1.54) is 0 Å². The lowest BCUT2D eigenvalue weighted by atomic mass is 10.1. The normalized spacial score (nSPS) is 11.2. The van der Waals surface area contributed by atoms with Crippen LogP contribution in [0.25, 0.3) is 0 Å². The zero-order chi connectivity index (χ0) is 14.4. The lowest BCUT2D eigenvalue weighted by Gasteiger charge is -2.07. The monoisotopic (exact) mass is 269 g/mol. The van der Waals surface area contributed by atoms with E-state index in [2.05, 4.69) is 5.16 Å². The zero-order valence-corrected chi connectivity index (χ0v) is 11.1. The Morgan fingerprint density at radius 3 is 2.45 bits per heavy atom. The van der Waals surface area contributed by atoms with Gasteiger partial charge in [0.1, 0.15) is 12.3 Å². The summed E-state index contributed by atoms with van der Waals surface area (Å²) in [5.41, 5.74) is 2.49. The van der Waals surface area contributed by atoms with E-state index in [1.807, 2.05) is 31.2 Å². The second kappa shape index (κ2) is 6.52. The van der Waals surface area contributed by atoms with Gasteiger partial charge in [-0.25, -0.2) is 4.79 Å². The number of benzene rings is 2. The maximum absolute atomic E-state index is 11.9. The van der Waals surface area contributed by atoms with Crippen molar-refractivity contribution in [2.45, 2.75) is 6.92 Å². The predicted molar refractivity (Wildman–Crippen MR) is 76.2 cm³/mol. The van der Waals surface area contributed by atoms with Gasteiger partial charge < -0.3 is 9.94 Å². The molecule has 102 valence electrons. The third kappa shape index (κ3) is 3.45. The average Bonchev–Trinajstić information content (AvgIpc) is 2.49. The van der Waals surface area contributed by atoms with Crippen molar-refractivity contribution in [3.05, 3.63) is 71.3 Å². The molecule has 1 N–H and O–H groups in total. The van der Waals surface area contributed by atoms with Crippen LogP contribution >= 0.6 is 0 Å². The summed E-state index contributed by atoms with van der Waals surface area (Å²) >= 11 is 0. The summed E-state index contributed by atoms with van der Waals surface area (Å²) in [7, 11) is 0. The average molecular weight is 269 g/mol. The largest absolute Gasteiger partial charge is 0.455 e. The van der Waals surface area contributed by atoms with Crippen LogP contribution in [-0.2, 0) is 4.74 Å². The molecular weight excluding hydrogens is 254 g/mol. The summed E-state index contributed by atoms with van der Waals surface area (Å²) in [5, 5.41) is 12.2. The molecular formula is C16H15NO3. The molecule has 4 nitrogen and oxygen atoms in total. The van der Waals surface area contributed by atoms with Gasteiger partial charge in [-0.2, -0.15) is 0 Å². The van der Waals surface area contributed by atoms with E-state index in [4.69, 9.17) is 9.94 Å². The van der Waals surface area contributed by atoms with Crippen molar-refractivity contribution in [1.82, 2.24) is 0 Å². The molecule has 2 aromatic carbocycles. The number of hydrogen-bond donors (Lipinski definition) is 1. The van der Waals surface area contributed by atoms with E-state index in [-0.39, 0.29) is 6.61 Å². The summed E-state index contributed by atoms with van der Waals surface area (Å²) in [6.45, 7) is 1.83. The molecule has 0 unspecified atom stereocenters. The first kappa shape index (κ1) is 13.8. The SMILES string of the molecule is Cc1cccc(C(=O)OC/C(=N/O)c2ccccc2)c1. The molecule has 20 heavy (non-hydrogen) atoms. The van der Waals surface area contributed by atoms with E-state index >= 15 is 0 Å². The quantitative estimate of drug-likeness (QED) is 0.401. The van der Waals surface area contributed by atoms with Gasteiger partial charge in [-0.3, -0.25) is 0 Å². The fourth-order valence-electron chi connectivity index (χ4n) is 1.79. The van der Waals surface area contributed by atoms with Crippen molar-refractivity contribution in [1.29, 1.82) is 0 Å². The Morgan fingerprint density at radius 2 is 1.80 bits per heavy atom. The van der Waals surface area contributed by atoms with Gasteiger partial charge in [-0.15, -0.1) is 0 Å². The smallest absolute Gasteiger partial charge is 0.338 e. The van der Waals surface area contributed by atoms with Crippen LogP contribution < -0.4 is 0 Å². The number of ether oxygens (including phenoxy) is 1. The highest BCUT2D eigenvalue weighted by Crippen LogP contribution is 2.07. The second-order valence-corrected chi connectivity index (χ2v) is 4.36. The maximum atomic E-state index is 11.9. The van der Waals surface area contributed by atoms with Crippen molar-refractivity contribution >= 4 is 11.7 Å². The molecule has 0 saturated heterocycles. The summed E-state index contributed by atoms with van der Waals surface area (Å²) < 4.78 is 5.16. The lowest BCUT2D eigenvalue weighted by molar-refractivity contribution is 0.0562. The van der Waals surface area contributed by atoms with Crippen molar-refractivity contribution in [2.24, 2.45) is 5.16 Å². The summed E-state index contributed by atoms with van der Waals surface area (Å²) in [4.78, 5) is 11.9. The Kier molecular flexibility index (Phi) is 4.50. The van der Waals surface area contributed by atoms with Gasteiger partial charge >= 0.3 is 5.97 Å². The molecule has 0 amide bonds. The van der Waals surface area contributed by atoms with E-state index in [0.29, 0.717) is 16.8 Å². The first-order valence-corrected chi connectivity index (χ1v) is 6.21. The van der Waals surface area contributed by atoms with Gasteiger partial charge in [-0.1, -0.05) is 53.2 Å². The molecule has 0 fully saturated rings. The standard InChI is InChI=1S/C16H15NO3/c1-12-6-5-9-14(10-12)16(18)20-11-15(17-19)13-7-3-2-4-8-13/h2-10,19H,11H2,1H3/b17-15-. The minimum absolute atomic E-state index is 0.0761. The number of hydrogen-bond acceptors (Lipinski definition) is 4. The van der Waals surface area contributed by atoms with Crippen molar-refractivity contribution in [3.63, 3.8) is 0 Å². The van der Waals surface area contributed by atoms with Crippen LogP contribution in [0.5, 0.6) is 0 Å². The Labute approximate surface area is 117 Å². The van der Waals surface area contributed by atoms with E-state index in [0.717, 1.165) is 5.56 Å². The Hall–Kier alpha value is -2.62. The lowest BCUT2D eigenvalue weighted by Crippen LogP contribution is -2.15. The molecule has 2 rings (SSSR count). The van der Waals surface area contributed by atoms with Crippen molar-refractivity contribution in [2.75, 3.05) is 6.61 Å². The number of oxime groups is 1. The van der Waals surface area contributed by atoms with Crippen LogP contribution in [0.2, 0.25) is 0 Å². The number of carbonyl (C=O) groups is 1. The molecule has 2 aromatic rings. The molecule has 0 bridgehead atoms. The number of nitrogens with zero attached hydrogens (tertiary/aromatic N) is 1. The van der Waals surface area contributed by atoms with Gasteiger partial charge in [0.05, 0.1) is 5.56 Å². The molecule has 0 aliphatic carbocycles. The number of carbonyl (C=O) groups excluding carboxylic acids is 1. The summed E-state index contributed by atoms with van der Waals surface area (Å²) in [6.07, 6.45) is 0. The number of rotatable bonds is 4. The van der Waals surface area contributed by atoms with Crippen molar-refractivity contribution in [3.8, 4) is 0 Å². The van der Waals surface area contributed by atoms with Crippen LogP contribution in [0.4, 0.5) is 0 Å². The van der Waals surface area contributed by atoms with Gasteiger partial charge in [0.15, 0.2) is 0 Å². The highest BCUT2D eigenvalue weighted by Gasteiger charge is 2.10. The summed E-state index contributed by atoms with van der Waals surface area (Å²) in [6, 6.07) is 16.2. The molecule has 0 aromatic heterocycles. The third-order valence-electron chi connectivity index (χ3n) is 2.82. The topological polar surface area (TPSA) is 58.9 Å². The fourth-order valence-corrected chi connectivity index (χ4v) is 1.79. The predicted octanol–water partition coefficient (Wildman–Crippen LogP) is 3.03. The van der Waals surface area contributed by atoms with Crippen molar-refractivity contribution < 1.29 is 14.7 Å². The van der Waals surface area contributed by atoms with Crippen LogP contribution in [-0.4, -0.2) is 23.5 Å². The fraction of sp³-hybridized carbons (Fsp3) is 0.125. The minimum Gasteiger partial charge on any atom is -0.455 e. The van der Waals surface area contributed by atoms with Crippen LogP contribution in [0.1, 0.15) is 21.5 Å². The van der Waals surface area contributed by atoms with Gasteiger partial charge in [-0.05, 0) is 19.1 Å². The van der Waals surface area contributed by atoms with Crippen LogP contribution in [0.3, 0.4) is 0 Å². The van der Waals surface area contributed by atoms with Gasteiger partial charge in [0.25, 0.3) is 0 Å². The Bertz CT molecular complexity index is 621. The van der Waals surface area contributed by atoms with E-state index < -0.39 is 5.97 Å². The molecule has 0 atom stereocenters. The summed E-state index contributed by atoms with van der Waals surface area (Å²) in [5.74, 6) is -0.439. The molecule has 0 heterocycles. The third-order valence-corrected chi connectivity index (χ3v) is 2.82. The first-order chi connectivity index (χ1) is 9.70. The number of aryl methyl sites for hydroxylation is 1. The first-order valence-electron chi connectivity index (χ1n) is 6.21. The molecule has 0 spiro atoms. The number of esters is 1. The highest BCUT2D eigenvalue weighted by atomic mass is 16.5. The van der Waals surface area contributed by atoms with Crippen LogP contribution in [0.15, 0.2) is 59.8 Å². The second-order valence-electron chi connectivity index (χ2n) is 4.36. The molecule has 0 saturated carbocycles.